The molecule has 0 spiro atoms. The Morgan fingerprint density at radius 3 is 2.14 bits per heavy atom. The standard InChI is InChI=1S/C6H12ClNO4S2/c7-1-4-14(11,12)8-2-5-13(9,10)6-3-8/h1-6H2. The van der Waals surface area contributed by atoms with Crippen LogP contribution < -0.4 is 0 Å². The van der Waals surface area contributed by atoms with E-state index < -0.39 is 19.9 Å². The van der Waals surface area contributed by atoms with Gasteiger partial charge in [-0.2, -0.15) is 4.31 Å². The van der Waals surface area contributed by atoms with Crippen LogP contribution in [0, 0.1) is 0 Å². The fourth-order valence-electron chi connectivity index (χ4n) is 1.20. The smallest absolute Gasteiger partial charge is 0.215 e. The van der Waals surface area contributed by atoms with E-state index in [1.165, 1.54) is 4.31 Å². The zero-order valence-corrected chi connectivity index (χ0v) is 9.91. The van der Waals surface area contributed by atoms with Crippen molar-refractivity contribution in [3.63, 3.8) is 0 Å². The number of sulfonamides is 1. The lowest BCUT2D eigenvalue weighted by molar-refractivity contribution is 0.432. The Kier molecular flexibility index (Phi) is 3.79. The molecule has 0 aromatic carbocycles. The van der Waals surface area contributed by atoms with Gasteiger partial charge >= 0.3 is 0 Å². The monoisotopic (exact) mass is 261 g/mol. The van der Waals surface area contributed by atoms with E-state index in [0.29, 0.717) is 0 Å². The SMILES string of the molecule is O=S1(=O)CCN(S(=O)(=O)CCCl)CC1. The molecule has 1 aliphatic rings. The average molecular weight is 262 g/mol. The van der Waals surface area contributed by atoms with Crippen LogP contribution in [0.4, 0.5) is 0 Å². The Labute approximate surface area is 89.0 Å². The normalized spacial score (nSPS) is 23.5. The Morgan fingerprint density at radius 1 is 1.21 bits per heavy atom. The first-order valence-electron chi connectivity index (χ1n) is 4.11. The molecule has 1 fully saturated rings. The van der Waals surface area contributed by atoms with Gasteiger partial charge in [-0.3, -0.25) is 0 Å². The molecule has 1 aliphatic heterocycles. The number of halogens is 1. The number of rotatable bonds is 3. The van der Waals surface area contributed by atoms with Gasteiger partial charge in [0.1, 0.15) is 0 Å². The predicted molar refractivity (Wildman–Crippen MR) is 54.7 cm³/mol. The lowest BCUT2D eigenvalue weighted by atomic mass is 10.6. The van der Waals surface area contributed by atoms with Crippen molar-refractivity contribution < 1.29 is 16.8 Å². The van der Waals surface area contributed by atoms with Crippen molar-refractivity contribution in [1.82, 2.24) is 4.31 Å². The van der Waals surface area contributed by atoms with E-state index in [9.17, 15) is 16.8 Å². The summed E-state index contributed by atoms with van der Waals surface area (Å²) in [5.41, 5.74) is 0. The zero-order valence-electron chi connectivity index (χ0n) is 7.52. The first-order chi connectivity index (χ1) is 6.37. The molecule has 0 saturated carbocycles. The van der Waals surface area contributed by atoms with Gasteiger partial charge in [0.25, 0.3) is 0 Å². The summed E-state index contributed by atoms with van der Waals surface area (Å²) in [7, 11) is -6.38. The molecular formula is C6H12ClNO4S2. The van der Waals surface area contributed by atoms with Gasteiger partial charge in [0.15, 0.2) is 9.84 Å². The second-order valence-corrected chi connectivity index (χ2v) is 7.83. The van der Waals surface area contributed by atoms with E-state index in [2.05, 4.69) is 0 Å². The molecule has 0 unspecified atom stereocenters. The van der Waals surface area contributed by atoms with E-state index in [1.807, 2.05) is 0 Å². The minimum Gasteiger partial charge on any atom is -0.229 e. The zero-order chi connectivity index (χ0) is 10.8. The van der Waals surface area contributed by atoms with Crippen LogP contribution in [-0.4, -0.2) is 57.4 Å². The van der Waals surface area contributed by atoms with Crippen molar-refractivity contribution in [3.8, 4) is 0 Å². The van der Waals surface area contributed by atoms with E-state index in [1.54, 1.807) is 0 Å². The molecule has 14 heavy (non-hydrogen) atoms. The van der Waals surface area contributed by atoms with Gasteiger partial charge in [-0.15, -0.1) is 11.6 Å². The van der Waals surface area contributed by atoms with Crippen LogP contribution in [0.25, 0.3) is 0 Å². The van der Waals surface area contributed by atoms with Crippen LogP contribution in [0.5, 0.6) is 0 Å². The van der Waals surface area contributed by atoms with Gasteiger partial charge in [-0.25, -0.2) is 16.8 Å². The maximum Gasteiger partial charge on any atom is 0.215 e. The topological polar surface area (TPSA) is 71.5 Å². The lowest BCUT2D eigenvalue weighted by Crippen LogP contribution is -2.44. The highest BCUT2D eigenvalue weighted by Gasteiger charge is 2.29. The molecule has 1 rings (SSSR count). The highest BCUT2D eigenvalue weighted by molar-refractivity contribution is 7.92. The molecule has 8 heteroatoms. The van der Waals surface area contributed by atoms with Crippen molar-refractivity contribution in [2.75, 3.05) is 36.2 Å². The highest BCUT2D eigenvalue weighted by Crippen LogP contribution is 2.09. The molecule has 0 atom stereocenters. The van der Waals surface area contributed by atoms with Crippen LogP contribution in [0.3, 0.4) is 0 Å². The lowest BCUT2D eigenvalue weighted by Gasteiger charge is -2.25. The Balaban J connectivity index is 2.67. The molecule has 0 radical (unpaired) electrons. The first kappa shape index (κ1) is 12.2. The molecule has 1 heterocycles. The molecule has 5 nitrogen and oxygen atoms in total. The first-order valence-corrected chi connectivity index (χ1v) is 8.08. The Bertz CT molecular complexity index is 374. The number of hydrogen-bond acceptors (Lipinski definition) is 4. The maximum atomic E-state index is 11.4. The molecule has 0 amide bonds. The quantitative estimate of drug-likeness (QED) is 0.629. The summed E-state index contributed by atoms with van der Waals surface area (Å²) in [6, 6.07) is 0. The predicted octanol–water partition coefficient (Wildman–Crippen LogP) is -0.715. The van der Waals surface area contributed by atoms with Gasteiger partial charge in [-0.05, 0) is 0 Å². The van der Waals surface area contributed by atoms with E-state index in [-0.39, 0.29) is 36.2 Å². The van der Waals surface area contributed by atoms with E-state index in [0.717, 1.165) is 0 Å². The van der Waals surface area contributed by atoms with Crippen molar-refractivity contribution in [2.24, 2.45) is 0 Å². The second kappa shape index (κ2) is 4.34. The van der Waals surface area contributed by atoms with Crippen LogP contribution in [0.15, 0.2) is 0 Å². The fraction of sp³-hybridized carbons (Fsp3) is 1.00. The molecule has 0 N–H and O–H groups in total. The summed E-state index contributed by atoms with van der Waals surface area (Å²) in [4.78, 5) is 0. The third-order valence-corrected chi connectivity index (χ3v) is 5.93. The van der Waals surface area contributed by atoms with Crippen molar-refractivity contribution in [1.29, 1.82) is 0 Å². The van der Waals surface area contributed by atoms with Gasteiger partial charge in [0.05, 0.1) is 17.3 Å². The second-order valence-electron chi connectivity index (χ2n) is 3.06. The molecule has 0 bridgehead atoms. The number of sulfone groups is 1. The minimum atomic E-state index is -3.35. The van der Waals surface area contributed by atoms with Gasteiger partial charge in [0, 0.05) is 19.0 Å². The molecule has 0 aromatic heterocycles. The average Bonchev–Trinajstić information content (AvgIpc) is 2.03. The summed E-state index contributed by atoms with van der Waals surface area (Å²) >= 11 is 5.34. The summed E-state index contributed by atoms with van der Waals surface area (Å²) in [5.74, 6) is -0.275. The highest BCUT2D eigenvalue weighted by atomic mass is 35.5. The van der Waals surface area contributed by atoms with Crippen LogP contribution >= 0.6 is 11.6 Å². The fourth-order valence-corrected chi connectivity index (χ4v) is 4.41. The van der Waals surface area contributed by atoms with Crippen LogP contribution in [0.2, 0.25) is 0 Å². The number of alkyl halides is 1. The summed E-state index contributed by atoms with van der Waals surface area (Å²) < 4.78 is 46.1. The third kappa shape index (κ3) is 3.08. The maximum absolute atomic E-state index is 11.4. The molecule has 84 valence electrons. The molecule has 0 aliphatic carbocycles. The van der Waals surface area contributed by atoms with E-state index >= 15 is 0 Å². The number of hydrogen-bond donors (Lipinski definition) is 0. The Hall–Kier alpha value is 0.150. The minimum absolute atomic E-state index is 0.0333. The largest absolute Gasteiger partial charge is 0.229 e. The summed E-state index contributed by atoms with van der Waals surface area (Å²) in [5, 5.41) is 0. The van der Waals surface area contributed by atoms with Gasteiger partial charge in [0.2, 0.25) is 10.0 Å². The third-order valence-electron chi connectivity index (χ3n) is 2.03. The van der Waals surface area contributed by atoms with Crippen molar-refractivity contribution >= 4 is 31.5 Å². The summed E-state index contributed by atoms with van der Waals surface area (Å²) in [6.07, 6.45) is 0. The summed E-state index contributed by atoms with van der Waals surface area (Å²) in [6.45, 7) is 0.114. The molecular weight excluding hydrogens is 250 g/mol. The Morgan fingerprint density at radius 2 is 1.71 bits per heavy atom. The van der Waals surface area contributed by atoms with Crippen LogP contribution in [-0.2, 0) is 19.9 Å². The van der Waals surface area contributed by atoms with Gasteiger partial charge in [-0.1, -0.05) is 0 Å². The van der Waals surface area contributed by atoms with Gasteiger partial charge < -0.3 is 0 Å². The molecule has 0 aromatic rings. The van der Waals surface area contributed by atoms with Crippen molar-refractivity contribution in [2.45, 2.75) is 0 Å². The van der Waals surface area contributed by atoms with Crippen molar-refractivity contribution in [3.05, 3.63) is 0 Å². The number of nitrogens with zero attached hydrogens (tertiary/aromatic N) is 1. The van der Waals surface area contributed by atoms with Crippen LogP contribution in [0.1, 0.15) is 0 Å². The molecule has 1 saturated heterocycles. The van der Waals surface area contributed by atoms with E-state index in [4.69, 9.17) is 11.6 Å².